The van der Waals surface area contributed by atoms with Crippen molar-refractivity contribution in [3.8, 4) is 11.8 Å². The summed E-state index contributed by atoms with van der Waals surface area (Å²) in [6.45, 7) is 0. The van der Waals surface area contributed by atoms with Crippen LogP contribution in [0.5, 0.6) is 5.75 Å². The van der Waals surface area contributed by atoms with Gasteiger partial charge in [-0.2, -0.15) is 5.26 Å². The lowest BCUT2D eigenvalue weighted by atomic mass is 10.2. The molecule has 0 bridgehead atoms. The van der Waals surface area contributed by atoms with E-state index in [-0.39, 0.29) is 11.4 Å². The average molecular weight is 271 g/mol. The molecule has 0 unspecified atom stereocenters. The molecule has 0 aliphatic heterocycles. The number of nitriles is 1. The molecule has 2 rings (SSSR count). The Bertz CT molecular complexity index is 678. The summed E-state index contributed by atoms with van der Waals surface area (Å²) >= 11 is 0. The molecule has 0 atom stereocenters. The van der Waals surface area contributed by atoms with E-state index in [2.05, 4.69) is 10.3 Å². The highest BCUT2D eigenvalue weighted by Gasteiger charge is 2.09. The number of halogens is 1. The molecular weight excluding hydrogens is 261 g/mol. The molecule has 6 heteroatoms. The van der Waals surface area contributed by atoms with E-state index in [1.54, 1.807) is 0 Å². The summed E-state index contributed by atoms with van der Waals surface area (Å²) < 4.78 is 18.3. The molecule has 2 aromatic rings. The molecule has 1 N–H and O–H groups in total. The molecule has 1 aromatic carbocycles. The molecular formula is C14H10FN3O2. The largest absolute Gasteiger partial charge is 0.494 e. The molecule has 5 nitrogen and oxygen atoms in total. The summed E-state index contributed by atoms with van der Waals surface area (Å²) in [7, 11) is 1.36. The second kappa shape index (κ2) is 5.80. The van der Waals surface area contributed by atoms with Gasteiger partial charge >= 0.3 is 0 Å². The molecule has 1 amide bonds. The third-order valence-corrected chi connectivity index (χ3v) is 2.53. The number of carbonyl (C=O) groups is 1. The fourth-order valence-corrected chi connectivity index (χ4v) is 1.53. The van der Waals surface area contributed by atoms with Crippen LogP contribution in [0.1, 0.15) is 16.1 Å². The first-order chi connectivity index (χ1) is 9.63. The Kier molecular flexibility index (Phi) is 3.91. The van der Waals surface area contributed by atoms with E-state index in [0.717, 1.165) is 6.07 Å². The van der Waals surface area contributed by atoms with Crippen molar-refractivity contribution in [1.29, 1.82) is 5.26 Å². The molecule has 0 saturated carbocycles. The first-order valence-electron chi connectivity index (χ1n) is 5.65. The number of ether oxygens (including phenoxy) is 1. The monoisotopic (exact) mass is 271 g/mol. The lowest BCUT2D eigenvalue weighted by molar-refractivity contribution is 0.102. The first kappa shape index (κ1) is 13.5. The van der Waals surface area contributed by atoms with Gasteiger partial charge in [-0.05, 0) is 24.3 Å². The second-order valence-electron chi connectivity index (χ2n) is 3.85. The van der Waals surface area contributed by atoms with E-state index in [1.807, 2.05) is 6.07 Å². The fraction of sp³-hybridized carbons (Fsp3) is 0.0714. The van der Waals surface area contributed by atoms with E-state index in [1.165, 1.54) is 37.6 Å². The predicted molar refractivity (Wildman–Crippen MR) is 69.9 cm³/mol. The van der Waals surface area contributed by atoms with Crippen LogP contribution in [0.4, 0.5) is 10.1 Å². The van der Waals surface area contributed by atoms with Crippen molar-refractivity contribution in [2.45, 2.75) is 0 Å². The van der Waals surface area contributed by atoms with Crippen LogP contribution in [0.2, 0.25) is 0 Å². The van der Waals surface area contributed by atoms with Gasteiger partial charge in [0.25, 0.3) is 5.91 Å². The number of aromatic nitrogens is 1. The third kappa shape index (κ3) is 2.90. The maximum Gasteiger partial charge on any atom is 0.274 e. The molecule has 1 aromatic heterocycles. The highest BCUT2D eigenvalue weighted by Crippen LogP contribution is 2.20. The smallest absolute Gasteiger partial charge is 0.274 e. The van der Waals surface area contributed by atoms with Crippen molar-refractivity contribution in [1.82, 2.24) is 4.98 Å². The topological polar surface area (TPSA) is 75.0 Å². The number of hydrogen-bond acceptors (Lipinski definition) is 4. The summed E-state index contributed by atoms with van der Waals surface area (Å²) in [5.74, 6) is -0.961. The zero-order valence-electron chi connectivity index (χ0n) is 10.6. The normalized spacial score (nSPS) is 9.65. The minimum absolute atomic E-state index is 0.0968. The fourth-order valence-electron chi connectivity index (χ4n) is 1.53. The number of rotatable bonds is 3. The van der Waals surface area contributed by atoms with Crippen LogP contribution in [-0.4, -0.2) is 18.0 Å². The van der Waals surface area contributed by atoms with E-state index < -0.39 is 11.7 Å². The van der Waals surface area contributed by atoms with E-state index in [4.69, 9.17) is 10.00 Å². The van der Waals surface area contributed by atoms with Crippen LogP contribution in [0, 0.1) is 17.1 Å². The zero-order chi connectivity index (χ0) is 14.5. The summed E-state index contributed by atoms with van der Waals surface area (Å²) in [4.78, 5) is 15.7. The van der Waals surface area contributed by atoms with Crippen LogP contribution < -0.4 is 10.1 Å². The standard InChI is InChI=1S/C14H10FN3O2/c1-20-13-5-3-10(6-11(13)15)18-14(19)12-4-2-9(7-16)8-17-12/h2-6,8H,1H3,(H,18,19). The first-order valence-corrected chi connectivity index (χ1v) is 5.65. The highest BCUT2D eigenvalue weighted by molar-refractivity contribution is 6.02. The van der Waals surface area contributed by atoms with Crippen LogP contribution in [0.25, 0.3) is 0 Å². The van der Waals surface area contributed by atoms with Gasteiger partial charge in [0.05, 0.1) is 12.7 Å². The third-order valence-electron chi connectivity index (χ3n) is 2.53. The molecule has 0 radical (unpaired) electrons. The van der Waals surface area contributed by atoms with Crippen LogP contribution >= 0.6 is 0 Å². The van der Waals surface area contributed by atoms with E-state index >= 15 is 0 Å². The molecule has 1 heterocycles. The number of benzene rings is 1. The van der Waals surface area contributed by atoms with E-state index in [0.29, 0.717) is 11.3 Å². The maximum atomic E-state index is 13.5. The average Bonchev–Trinajstić information content (AvgIpc) is 2.47. The lowest BCUT2D eigenvalue weighted by Gasteiger charge is -2.07. The number of nitrogens with one attached hydrogen (secondary N) is 1. The molecule has 0 aliphatic rings. The molecule has 0 saturated heterocycles. The summed E-state index contributed by atoms with van der Waals surface area (Å²) in [5.41, 5.74) is 0.789. The number of methoxy groups -OCH3 is 1. The molecule has 0 fully saturated rings. The minimum atomic E-state index is -0.571. The SMILES string of the molecule is COc1ccc(NC(=O)c2ccc(C#N)cn2)cc1F. The minimum Gasteiger partial charge on any atom is -0.494 e. The predicted octanol–water partition coefficient (Wildman–Crippen LogP) is 2.35. The van der Waals surface area contributed by atoms with Crippen molar-refractivity contribution in [2.75, 3.05) is 12.4 Å². The number of pyridine rings is 1. The maximum absolute atomic E-state index is 13.5. The quantitative estimate of drug-likeness (QED) is 0.929. The molecule has 100 valence electrons. The number of anilines is 1. The van der Waals surface area contributed by atoms with Crippen LogP contribution in [-0.2, 0) is 0 Å². The Morgan fingerprint density at radius 3 is 2.75 bits per heavy atom. The van der Waals surface area contributed by atoms with Crippen molar-refractivity contribution < 1.29 is 13.9 Å². The Balaban J connectivity index is 2.14. The van der Waals surface area contributed by atoms with Gasteiger partial charge in [0, 0.05) is 18.0 Å². The van der Waals surface area contributed by atoms with Crippen molar-refractivity contribution >= 4 is 11.6 Å². The highest BCUT2D eigenvalue weighted by atomic mass is 19.1. The number of hydrogen-bond donors (Lipinski definition) is 1. The Labute approximate surface area is 114 Å². The van der Waals surface area contributed by atoms with Gasteiger partial charge in [-0.15, -0.1) is 0 Å². The molecule has 20 heavy (non-hydrogen) atoms. The summed E-state index contributed by atoms with van der Waals surface area (Å²) in [6, 6.07) is 8.90. The van der Waals surface area contributed by atoms with Gasteiger partial charge in [0.1, 0.15) is 11.8 Å². The van der Waals surface area contributed by atoms with Gasteiger partial charge in [-0.3, -0.25) is 4.79 Å². The molecule has 0 aliphatic carbocycles. The van der Waals surface area contributed by atoms with Crippen molar-refractivity contribution in [2.24, 2.45) is 0 Å². The number of carbonyl (C=O) groups excluding carboxylic acids is 1. The van der Waals surface area contributed by atoms with Crippen molar-refractivity contribution in [3.05, 3.63) is 53.6 Å². The van der Waals surface area contributed by atoms with Crippen LogP contribution in [0.15, 0.2) is 36.5 Å². The van der Waals surface area contributed by atoms with Gasteiger partial charge < -0.3 is 10.1 Å². The second-order valence-corrected chi connectivity index (χ2v) is 3.85. The number of amides is 1. The van der Waals surface area contributed by atoms with E-state index in [9.17, 15) is 9.18 Å². The molecule has 0 spiro atoms. The Hall–Kier alpha value is -2.94. The van der Waals surface area contributed by atoms with Gasteiger partial charge in [0.2, 0.25) is 0 Å². The van der Waals surface area contributed by atoms with Crippen molar-refractivity contribution in [3.63, 3.8) is 0 Å². The lowest BCUT2D eigenvalue weighted by Crippen LogP contribution is -2.13. The van der Waals surface area contributed by atoms with Crippen LogP contribution in [0.3, 0.4) is 0 Å². The summed E-state index contributed by atoms with van der Waals surface area (Å²) in [6.07, 6.45) is 1.30. The van der Waals surface area contributed by atoms with Gasteiger partial charge in [-0.25, -0.2) is 9.37 Å². The van der Waals surface area contributed by atoms with Gasteiger partial charge in [-0.1, -0.05) is 0 Å². The zero-order valence-corrected chi connectivity index (χ0v) is 10.6. The Morgan fingerprint density at radius 2 is 2.20 bits per heavy atom. The summed E-state index contributed by atoms with van der Waals surface area (Å²) in [5, 5.41) is 11.1. The van der Waals surface area contributed by atoms with Gasteiger partial charge in [0.15, 0.2) is 11.6 Å². The number of nitrogens with zero attached hydrogens (tertiary/aromatic N) is 2. The Morgan fingerprint density at radius 1 is 1.40 bits per heavy atom.